The first-order valence-electron chi connectivity index (χ1n) is 1.94. The van der Waals surface area contributed by atoms with Gasteiger partial charge in [0.15, 0.2) is 0 Å². The van der Waals surface area contributed by atoms with Crippen LogP contribution >= 0.6 is 0 Å². The van der Waals surface area contributed by atoms with Gasteiger partial charge >= 0.3 is 0 Å². The molecule has 0 bridgehead atoms. The van der Waals surface area contributed by atoms with E-state index in [0.717, 1.165) is 5.61 Å². The molecule has 0 aromatic rings. The number of aliphatic imine (C=N–C) groups is 1. The Bertz CT molecular complexity index is 104. The second-order valence-corrected chi connectivity index (χ2v) is 1.28. The first kappa shape index (κ1) is 3.66. The highest BCUT2D eigenvalue weighted by Gasteiger charge is 1.91. The van der Waals surface area contributed by atoms with Crippen molar-refractivity contribution in [1.82, 2.24) is 0 Å². The Balaban J connectivity index is 2.61. The van der Waals surface area contributed by atoms with Crippen LogP contribution in [-0.2, 0) is 0 Å². The fraction of sp³-hybridized carbons (Fsp3) is 0.250. The lowest BCUT2D eigenvalue weighted by atomic mass is 9.75. The molecule has 0 aromatic heterocycles. The smallest absolute Gasteiger partial charge is 0.202 e. The SMILES string of the molecule is CC1=NC=C[B]1. The normalized spacial score (nSPS) is 17.2. The van der Waals surface area contributed by atoms with Crippen molar-refractivity contribution in [3.63, 3.8) is 0 Å². The highest BCUT2D eigenvalue weighted by Crippen LogP contribution is 1.86. The van der Waals surface area contributed by atoms with E-state index >= 15 is 0 Å². The van der Waals surface area contributed by atoms with Crippen LogP contribution in [0.3, 0.4) is 0 Å². The van der Waals surface area contributed by atoms with Crippen LogP contribution in [0.25, 0.3) is 0 Å². The van der Waals surface area contributed by atoms with E-state index in [2.05, 4.69) is 4.99 Å². The molecule has 0 aromatic carbocycles. The molecule has 0 saturated carbocycles. The lowest BCUT2D eigenvalue weighted by molar-refractivity contribution is 1.60. The van der Waals surface area contributed by atoms with E-state index < -0.39 is 0 Å². The van der Waals surface area contributed by atoms with Crippen LogP contribution in [0.4, 0.5) is 0 Å². The first-order valence-corrected chi connectivity index (χ1v) is 1.94. The average Bonchev–Trinajstić information content (AvgIpc) is 1.86. The molecule has 1 heterocycles. The third kappa shape index (κ3) is 0.508. The summed E-state index contributed by atoms with van der Waals surface area (Å²) in [6, 6.07) is 0. The summed E-state index contributed by atoms with van der Waals surface area (Å²) in [5.41, 5.74) is 1.09. The molecule has 1 aliphatic rings. The highest BCUT2D eigenvalue weighted by molar-refractivity contribution is 6.79. The van der Waals surface area contributed by atoms with Gasteiger partial charge in [-0.25, -0.2) is 0 Å². The molecule has 2 heteroatoms. The molecule has 1 radical (unpaired) electrons. The van der Waals surface area contributed by atoms with Crippen LogP contribution in [0.15, 0.2) is 17.2 Å². The fourth-order valence-electron chi connectivity index (χ4n) is 0.386. The molecule has 1 rings (SSSR count). The Morgan fingerprint density at radius 2 is 2.67 bits per heavy atom. The maximum absolute atomic E-state index is 3.92. The molecule has 1 nitrogen and oxygen atoms in total. The van der Waals surface area contributed by atoms with Crippen molar-refractivity contribution in [3.8, 4) is 0 Å². The molecule has 0 aliphatic carbocycles. The molecule has 0 atom stereocenters. The summed E-state index contributed by atoms with van der Waals surface area (Å²) in [4.78, 5) is 3.92. The fourth-order valence-corrected chi connectivity index (χ4v) is 0.386. The topological polar surface area (TPSA) is 12.4 Å². The molecule has 1 aliphatic heterocycles. The van der Waals surface area contributed by atoms with E-state index in [0.29, 0.717) is 0 Å². The molecule has 0 amide bonds. The van der Waals surface area contributed by atoms with E-state index in [1.165, 1.54) is 0 Å². The Kier molecular flexibility index (Phi) is 0.786. The van der Waals surface area contributed by atoms with Crippen molar-refractivity contribution in [2.75, 3.05) is 0 Å². The minimum atomic E-state index is 1.09. The zero-order chi connectivity index (χ0) is 4.41. The van der Waals surface area contributed by atoms with Crippen molar-refractivity contribution in [3.05, 3.63) is 12.2 Å². The van der Waals surface area contributed by atoms with Gasteiger partial charge in [-0.2, -0.15) is 0 Å². The zero-order valence-electron chi connectivity index (χ0n) is 3.68. The van der Waals surface area contributed by atoms with Gasteiger partial charge in [-0.15, -0.1) is 0 Å². The molecule has 0 N–H and O–H groups in total. The molecule has 0 saturated heterocycles. The lowest BCUT2D eigenvalue weighted by Crippen LogP contribution is -1.93. The highest BCUT2D eigenvalue weighted by atomic mass is 14.7. The molecule has 0 spiro atoms. The average molecular weight is 77.9 g/mol. The van der Waals surface area contributed by atoms with Crippen LogP contribution in [0, 0.1) is 0 Å². The largest absolute Gasteiger partial charge is 0.277 e. The van der Waals surface area contributed by atoms with Gasteiger partial charge in [-0.3, -0.25) is 4.99 Å². The minimum absolute atomic E-state index is 1.09. The summed E-state index contributed by atoms with van der Waals surface area (Å²) < 4.78 is 0. The standard InChI is InChI=1S/C4H5BN/c1-4-5-2-3-6-4/h2-3H,1H3. The number of hydrogen-bond donors (Lipinski definition) is 0. The van der Waals surface area contributed by atoms with Gasteiger partial charge in [-0.05, 0) is 12.5 Å². The van der Waals surface area contributed by atoms with Crippen molar-refractivity contribution in [2.45, 2.75) is 6.92 Å². The first-order chi connectivity index (χ1) is 2.89. The summed E-state index contributed by atoms with van der Waals surface area (Å²) in [5, 5.41) is 0. The number of rotatable bonds is 0. The predicted molar refractivity (Wildman–Crippen MR) is 28.0 cm³/mol. The maximum atomic E-state index is 3.92. The summed E-state index contributed by atoms with van der Waals surface area (Å²) in [7, 11) is 1.97. The second kappa shape index (κ2) is 1.29. The van der Waals surface area contributed by atoms with Gasteiger partial charge in [0, 0.05) is 6.20 Å². The van der Waals surface area contributed by atoms with Gasteiger partial charge in [-0.1, -0.05) is 5.98 Å². The van der Waals surface area contributed by atoms with Crippen LogP contribution < -0.4 is 0 Å². The lowest BCUT2D eigenvalue weighted by Gasteiger charge is -1.74. The van der Waals surface area contributed by atoms with Gasteiger partial charge in [0.1, 0.15) is 0 Å². The second-order valence-electron chi connectivity index (χ2n) is 1.28. The van der Waals surface area contributed by atoms with E-state index in [9.17, 15) is 0 Å². The van der Waals surface area contributed by atoms with E-state index in [-0.39, 0.29) is 0 Å². The Morgan fingerprint density at radius 1 is 1.83 bits per heavy atom. The van der Waals surface area contributed by atoms with Crippen LogP contribution in [0.2, 0.25) is 0 Å². The molecule has 0 unspecified atom stereocenters. The molecular weight excluding hydrogens is 72.9 g/mol. The van der Waals surface area contributed by atoms with E-state index in [1.54, 1.807) is 6.20 Å². The molecule has 29 valence electrons. The number of nitrogens with zero attached hydrogens (tertiary/aromatic N) is 1. The number of hydrogen-bond acceptors (Lipinski definition) is 1. The third-order valence-corrected chi connectivity index (χ3v) is 0.702. The van der Waals surface area contributed by atoms with Crippen LogP contribution in [0.5, 0.6) is 0 Å². The van der Waals surface area contributed by atoms with Crippen molar-refractivity contribution >= 4 is 12.9 Å². The van der Waals surface area contributed by atoms with E-state index in [1.807, 2.05) is 20.2 Å². The third-order valence-electron chi connectivity index (χ3n) is 0.702. The Labute approximate surface area is 38.0 Å². The van der Waals surface area contributed by atoms with Gasteiger partial charge in [0.05, 0.1) is 0 Å². The van der Waals surface area contributed by atoms with Crippen LogP contribution in [0.1, 0.15) is 6.92 Å². The quantitative estimate of drug-likeness (QED) is 0.376. The van der Waals surface area contributed by atoms with Crippen molar-refractivity contribution < 1.29 is 0 Å². The predicted octanol–water partition coefficient (Wildman–Crippen LogP) is 0.594. The zero-order valence-corrected chi connectivity index (χ0v) is 3.68. The summed E-state index contributed by atoms with van der Waals surface area (Å²) in [6.45, 7) is 1.97. The maximum Gasteiger partial charge on any atom is 0.202 e. The van der Waals surface area contributed by atoms with Crippen molar-refractivity contribution in [1.29, 1.82) is 0 Å². The van der Waals surface area contributed by atoms with Gasteiger partial charge in [0.2, 0.25) is 7.28 Å². The molecule has 6 heavy (non-hydrogen) atoms. The van der Waals surface area contributed by atoms with Gasteiger partial charge < -0.3 is 0 Å². The van der Waals surface area contributed by atoms with E-state index in [4.69, 9.17) is 0 Å². The van der Waals surface area contributed by atoms with Crippen LogP contribution in [-0.4, -0.2) is 12.9 Å². The van der Waals surface area contributed by atoms with Gasteiger partial charge in [0.25, 0.3) is 0 Å². The molecular formula is C4H5BN. The monoisotopic (exact) mass is 78.1 g/mol. The molecule has 0 fully saturated rings. The van der Waals surface area contributed by atoms with Crippen molar-refractivity contribution in [2.24, 2.45) is 4.99 Å². The Hall–Kier alpha value is -0.525. The summed E-state index contributed by atoms with van der Waals surface area (Å²) in [6.07, 6.45) is 1.79. The summed E-state index contributed by atoms with van der Waals surface area (Å²) in [5.74, 6) is 1.93. The minimum Gasteiger partial charge on any atom is -0.277 e. The summed E-state index contributed by atoms with van der Waals surface area (Å²) >= 11 is 0. The Morgan fingerprint density at radius 3 is 2.83 bits per heavy atom.